The number of benzene rings is 1. The van der Waals surface area contributed by atoms with E-state index in [0.29, 0.717) is 6.54 Å². The van der Waals surface area contributed by atoms with Gasteiger partial charge in [-0.05, 0) is 43.5 Å². The Morgan fingerprint density at radius 2 is 2.00 bits per heavy atom. The lowest BCUT2D eigenvalue weighted by Gasteiger charge is -2.24. The van der Waals surface area contributed by atoms with Gasteiger partial charge in [-0.2, -0.15) is 13.2 Å². The van der Waals surface area contributed by atoms with E-state index in [-0.39, 0.29) is 17.9 Å². The van der Waals surface area contributed by atoms with Crippen LogP contribution in [0.1, 0.15) is 30.4 Å². The summed E-state index contributed by atoms with van der Waals surface area (Å²) in [6.45, 7) is 3.92. The Bertz CT molecular complexity index is 582. The van der Waals surface area contributed by atoms with Crippen molar-refractivity contribution in [3.63, 3.8) is 0 Å². The van der Waals surface area contributed by atoms with Crippen LogP contribution in [-0.4, -0.2) is 43.0 Å². The number of likely N-dealkylation sites (tertiary alicyclic amines) is 1. The van der Waals surface area contributed by atoms with Crippen LogP contribution in [0, 0.1) is 5.92 Å². The quantitative estimate of drug-likeness (QED) is 0.872. The first-order chi connectivity index (χ1) is 11.9. The van der Waals surface area contributed by atoms with Crippen molar-refractivity contribution in [3.05, 3.63) is 35.4 Å². The monoisotopic (exact) mass is 355 g/mol. The fraction of sp³-hybridized carbons (Fsp3) is 0.611. The molecule has 0 aliphatic carbocycles. The maximum absolute atomic E-state index is 12.6. The number of rotatable bonds is 4. The molecule has 0 bridgehead atoms. The highest BCUT2D eigenvalue weighted by atomic mass is 19.4. The number of hydrogen-bond donors (Lipinski definition) is 2. The standard InChI is InChI=1S/C18H24F3N3O/c19-18(20,21)15-5-3-13(4-6-15)11-24-9-7-16(12-24)23-17(25)14-2-1-8-22-10-14/h3-6,14,16,22H,1-2,7-12H2,(H,23,25). The first-order valence-electron chi connectivity index (χ1n) is 8.81. The third-order valence-electron chi connectivity index (χ3n) is 4.97. The van der Waals surface area contributed by atoms with E-state index in [9.17, 15) is 18.0 Å². The smallest absolute Gasteiger partial charge is 0.352 e. The minimum atomic E-state index is -4.30. The second-order valence-corrected chi connectivity index (χ2v) is 6.97. The second kappa shape index (κ2) is 7.74. The van der Waals surface area contributed by atoms with E-state index in [4.69, 9.17) is 0 Å². The van der Waals surface area contributed by atoms with Crippen LogP contribution in [0.3, 0.4) is 0 Å². The van der Waals surface area contributed by atoms with Crippen LogP contribution in [0.15, 0.2) is 24.3 Å². The number of halogens is 3. The molecule has 3 rings (SSSR count). The third kappa shape index (κ3) is 4.95. The van der Waals surface area contributed by atoms with Crippen LogP contribution >= 0.6 is 0 Å². The summed E-state index contributed by atoms with van der Waals surface area (Å²) < 4.78 is 37.8. The van der Waals surface area contributed by atoms with Crippen molar-refractivity contribution in [2.45, 2.75) is 38.0 Å². The number of alkyl halides is 3. The van der Waals surface area contributed by atoms with Gasteiger partial charge in [0.15, 0.2) is 0 Å². The van der Waals surface area contributed by atoms with Crippen molar-refractivity contribution in [2.75, 3.05) is 26.2 Å². The number of carbonyl (C=O) groups excluding carboxylic acids is 1. The average molecular weight is 355 g/mol. The van der Waals surface area contributed by atoms with Crippen LogP contribution in [0.4, 0.5) is 13.2 Å². The molecular formula is C18H24F3N3O. The summed E-state index contributed by atoms with van der Waals surface area (Å²) in [5.41, 5.74) is 0.236. The van der Waals surface area contributed by atoms with E-state index in [2.05, 4.69) is 15.5 Å². The number of piperidine rings is 1. The predicted molar refractivity (Wildman–Crippen MR) is 88.9 cm³/mol. The van der Waals surface area contributed by atoms with Crippen molar-refractivity contribution < 1.29 is 18.0 Å². The summed E-state index contributed by atoms with van der Waals surface area (Å²) >= 11 is 0. The van der Waals surface area contributed by atoms with E-state index >= 15 is 0 Å². The topological polar surface area (TPSA) is 44.4 Å². The normalized spacial score (nSPS) is 25.1. The molecule has 0 radical (unpaired) electrons. The molecule has 0 spiro atoms. The van der Waals surface area contributed by atoms with Gasteiger partial charge in [0.05, 0.1) is 11.5 Å². The summed E-state index contributed by atoms with van der Waals surface area (Å²) in [5.74, 6) is 0.172. The summed E-state index contributed by atoms with van der Waals surface area (Å²) in [4.78, 5) is 14.4. The summed E-state index contributed by atoms with van der Waals surface area (Å²) in [5, 5.41) is 6.37. The van der Waals surface area contributed by atoms with Crippen molar-refractivity contribution >= 4 is 5.91 Å². The SMILES string of the molecule is O=C(NC1CCN(Cc2ccc(C(F)(F)F)cc2)C1)C1CCCNC1. The molecule has 0 aromatic heterocycles. The molecule has 2 aliphatic rings. The van der Waals surface area contributed by atoms with Gasteiger partial charge in [-0.1, -0.05) is 12.1 Å². The molecule has 2 heterocycles. The molecule has 1 amide bonds. The lowest BCUT2D eigenvalue weighted by molar-refractivity contribution is -0.137. The van der Waals surface area contributed by atoms with Crippen molar-refractivity contribution in [2.24, 2.45) is 5.92 Å². The predicted octanol–water partition coefficient (Wildman–Crippen LogP) is 2.40. The third-order valence-corrected chi connectivity index (χ3v) is 4.97. The van der Waals surface area contributed by atoms with E-state index in [1.165, 1.54) is 12.1 Å². The van der Waals surface area contributed by atoms with Gasteiger partial charge in [0, 0.05) is 32.2 Å². The lowest BCUT2D eigenvalue weighted by Crippen LogP contribution is -2.45. The molecule has 2 unspecified atom stereocenters. The van der Waals surface area contributed by atoms with Crippen LogP contribution in [0.2, 0.25) is 0 Å². The van der Waals surface area contributed by atoms with Gasteiger partial charge >= 0.3 is 6.18 Å². The van der Waals surface area contributed by atoms with E-state index in [1.807, 2.05) is 0 Å². The Morgan fingerprint density at radius 1 is 1.24 bits per heavy atom. The van der Waals surface area contributed by atoms with Gasteiger partial charge < -0.3 is 10.6 Å². The van der Waals surface area contributed by atoms with Crippen molar-refractivity contribution in [1.82, 2.24) is 15.5 Å². The Hall–Kier alpha value is -1.60. The summed E-state index contributed by atoms with van der Waals surface area (Å²) in [6.07, 6.45) is -1.45. The van der Waals surface area contributed by atoms with Gasteiger partial charge in [0.1, 0.15) is 0 Å². The molecule has 138 valence electrons. The van der Waals surface area contributed by atoms with Crippen molar-refractivity contribution in [1.29, 1.82) is 0 Å². The number of nitrogens with zero attached hydrogens (tertiary/aromatic N) is 1. The van der Waals surface area contributed by atoms with E-state index in [0.717, 1.165) is 63.1 Å². The largest absolute Gasteiger partial charge is 0.416 e. The molecule has 4 nitrogen and oxygen atoms in total. The van der Waals surface area contributed by atoms with Crippen LogP contribution < -0.4 is 10.6 Å². The zero-order valence-electron chi connectivity index (χ0n) is 14.1. The Balaban J connectivity index is 1.47. The van der Waals surface area contributed by atoms with Crippen molar-refractivity contribution in [3.8, 4) is 0 Å². The molecule has 2 fully saturated rings. The Labute approximate surface area is 145 Å². The molecule has 1 aromatic rings. The molecule has 2 aliphatic heterocycles. The first-order valence-corrected chi connectivity index (χ1v) is 8.81. The maximum Gasteiger partial charge on any atom is 0.416 e. The summed E-state index contributed by atoms with van der Waals surface area (Å²) in [7, 11) is 0. The molecule has 2 saturated heterocycles. The molecule has 25 heavy (non-hydrogen) atoms. The Kier molecular flexibility index (Phi) is 5.64. The Morgan fingerprint density at radius 3 is 2.64 bits per heavy atom. The fourth-order valence-corrected chi connectivity index (χ4v) is 3.55. The number of amides is 1. The number of hydrogen-bond acceptors (Lipinski definition) is 3. The minimum absolute atomic E-state index is 0.0534. The average Bonchev–Trinajstić information content (AvgIpc) is 3.02. The van der Waals surface area contributed by atoms with Crippen LogP contribution in [-0.2, 0) is 17.5 Å². The van der Waals surface area contributed by atoms with Gasteiger partial charge in [0.25, 0.3) is 0 Å². The highest BCUT2D eigenvalue weighted by Gasteiger charge is 2.30. The minimum Gasteiger partial charge on any atom is -0.352 e. The van der Waals surface area contributed by atoms with Gasteiger partial charge in [-0.15, -0.1) is 0 Å². The van der Waals surface area contributed by atoms with Crippen LogP contribution in [0.5, 0.6) is 0 Å². The van der Waals surface area contributed by atoms with Gasteiger partial charge in [-0.25, -0.2) is 0 Å². The summed E-state index contributed by atoms with van der Waals surface area (Å²) in [6, 6.07) is 5.44. The molecule has 0 saturated carbocycles. The molecule has 2 atom stereocenters. The first kappa shape index (κ1) is 18.2. The number of carbonyl (C=O) groups is 1. The maximum atomic E-state index is 12.6. The lowest BCUT2D eigenvalue weighted by atomic mass is 9.98. The van der Waals surface area contributed by atoms with Gasteiger partial charge in [0.2, 0.25) is 5.91 Å². The molecule has 1 aromatic carbocycles. The zero-order chi connectivity index (χ0) is 17.9. The highest BCUT2D eigenvalue weighted by molar-refractivity contribution is 5.79. The molecule has 2 N–H and O–H groups in total. The number of nitrogens with one attached hydrogen (secondary N) is 2. The second-order valence-electron chi connectivity index (χ2n) is 6.97. The van der Waals surface area contributed by atoms with Crippen LogP contribution in [0.25, 0.3) is 0 Å². The van der Waals surface area contributed by atoms with E-state index < -0.39 is 11.7 Å². The molecule has 7 heteroatoms. The van der Waals surface area contributed by atoms with Gasteiger partial charge in [-0.3, -0.25) is 9.69 Å². The molecular weight excluding hydrogens is 331 g/mol. The zero-order valence-corrected chi connectivity index (χ0v) is 14.1. The highest BCUT2D eigenvalue weighted by Crippen LogP contribution is 2.29. The fourth-order valence-electron chi connectivity index (χ4n) is 3.55. The van der Waals surface area contributed by atoms with E-state index in [1.54, 1.807) is 0 Å².